The topological polar surface area (TPSA) is 54.9 Å². The van der Waals surface area contributed by atoms with Gasteiger partial charge in [-0.2, -0.15) is 0 Å². The number of halogens is 1. The van der Waals surface area contributed by atoms with Crippen LogP contribution in [0.15, 0.2) is 6.33 Å². The number of carbonyl (C=O) groups is 1. The average Bonchev–Trinajstić information content (AvgIpc) is 2.67. The fourth-order valence-electron chi connectivity index (χ4n) is 2.66. The number of hydrogen-bond acceptors (Lipinski definition) is 4. The minimum absolute atomic E-state index is 0.191. The summed E-state index contributed by atoms with van der Waals surface area (Å²) in [5.74, 6) is 1.07. The zero-order chi connectivity index (χ0) is 13.6. The summed E-state index contributed by atoms with van der Waals surface area (Å²) in [4.78, 5) is 18.8. The van der Waals surface area contributed by atoms with E-state index in [0.717, 1.165) is 6.54 Å². The number of anilines is 1. The van der Waals surface area contributed by atoms with Crippen LogP contribution in [0.25, 0.3) is 0 Å². The molecule has 18 heavy (non-hydrogen) atoms. The smallest absolute Gasteiger partial charge is 0.156 e. The van der Waals surface area contributed by atoms with E-state index in [0.29, 0.717) is 34.4 Å². The van der Waals surface area contributed by atoms with Gasteiger partial charge in [0.2, 0.25) is 0 Å². The molecule has 0 amide bonds. The number of aromatic nitrogens is 2. The second kappa shape index (κ2) is 4.19. The highest BCUT2D eigenvalue weighted by Gasteiger charge is 2.64. The third-order valence-corrected chi connectivity index (χ3v) is 5.05. The van der Waals surface area contributed by atoms with Crippen molar-refractivity contribution >= 4 is 23.7 Å². The van der Waals surface area contributed by atoms with E-state index in [1.54, 1.807) is 0 Å². The molecular formula is C13H18ClN3O. The van der Waals surface area contributed by atoms with Gasteiger partial charge in [-0.25, -0.2) is 9.97 Å². The lowest BCUT2D eigenvalue weighted by molar-refractivity contribution is 0.112. The van der Waals surface area contributed by atoms with E-state index in [1.807, 2.05) is 0 Å². The lowest BCUT2D eigenvalue weighted by Crippen LogP contribution is -2.11. The van der Waals surface area contributed by atoms with Gasteiger partial charge in [0.1, 0.15) is 17.3 Å². The first kappa shape index (κ1) is 13.3. The van der Waals surface area contributed by atoms with E-state index in [1.165, 1.54) is 6.33 Å². The summed E-state index contributed by atoms with van der Waals surface area (Å²) in [6, 6.07) is 0. The molecule has 0 aliphatic heterocycles. The average molecular weight is 268 g/mol. The Kier molecular flexibility index (Phi) is 3.09. The van der Waals surface area contributed by atoms with Gasteiger partial charge in [-0.1, -0.05) is 39.3 Å². The van der Waals surface area contributed by atoms with Crippen LogP contribution in [0.3, 0.4) is 0 Å². The van der Waals surface area contributed by atoms with Crippen LogP contribution in [0.4, 0.5) is 5.82 Å². The van der Waals surface area contributed by atoms with E-state index >= 15 is 0 Å². The maximum absolute atomic E-state index is 11.0. The number of aldehydes is 1. The maximum Gasteiger partial charge on any atom is 0.156 e. The number of nitrogens with zero attached hydrogens (tertiary/aromatic N) is 2. The quantitative estimate of drug-likeness (QED) is 0.673. The Bertz CT molecular complexity index is 471. The third kappa shape index (κ3) is 1.88. The van der Waals surface area contributed by atoms with Crippen molar-refractivity contribution in [3.63, 3.8) is 0 Å². The lowest BCUT2D eigenvalue weighted by atomic mass is 10.0. The molecule has 1 heterocycles. The van der Waals surface area contributed by atoms with Crippen LogP contribution >= 0.6 is 11.6 Å². The van der Waals surface area contributed by atoms with Crippen molar-refractivity contribution in [2.45, 2.75) is 27.7 Å². The molecule has 4 nitrogen and oxygen atoms in total. The van der Waals surface area contributed by atoms with Gasteiger partial charge in [0.05, 0.1) is 5.56 Å². The lowest BCUT2D eigenvalue weighted by Gasteiger charge is -2.09. The molecule has 0 aromatic carbocycles. The molecule has 1 aliphatic rings. The van der Waals surface area contributed by atoms with Gasteiger partial charge in [-0.3, -0.25) is 4.79 Å². The van der Waals surface area contributed by atoms with Gasteiger partial charge >= 0.3 is 0 Å². The minimum Gasteiger partial charge on any atom is -0.369 e. The molecule has 1 aliphatic carbocycles. The Morgan fingerprint density at radius 2 is 1.94 bits per heavy atom. The van der Waals surface area contributed by atoms with E-state index in [2.05, 4.69) is 43.0 Å². The third-order valence-electron chi connectivity index (χ3n) is 4.75. The molecule has 1 aromatic heterocycles. The van der Waals surface area contributed by atoms with E-state index in [-0.39, 0.29) is 5.15 Å². The molecule has 0 saturated heterocycles. The van der Waals surface area contributed by atoms with Crippen molar-refractivity contribution < 1.29 is 4.79 Å². The van der Waals surface area contributed by atoms with Crippen molar-refractivity contribution in [3.8, 4) is 0 Å². The molecule has 1 aromatic rings. The second-order valence-electron chi connectivity index (χ2n) is 5.92. The molecule has 0 unspecified atom stereocenters. The van der Waals surface area contributed by atoms with Crippen LogP contribution in [0.5, 0.6) is 0 Å². The van der Waals surface area contributed by atoms with Gasteiger partial charge in [0.25, 0.3) is 0 Å². The van der Waals surface area contributed by atoms with Crippen LogP contribution in [-0.4, -0.2) is 22.8 Å². The van der Waals surface area contributed by atoms with Gasteiger partial charge in [0, 0.05) is 6.54 Å². The first-order valence-corrected chi connectivity index (χ1v) is 6.39. The number of rotatable bonds is 4. The molecule has 0 radical (unpaired) electrons. The standard InChI is InChI=1S/C13H18ClN3O/c1-12(2)9(13(12,3)4)5-15-11-8(6-18)10(14)16-7-17-11/h6-7,9H,5H2,1-4H3,(H,15,16,17). The van der Waals surface area contributed by atoms with Gasteiger partial charge < -0.3 is 5.32 Å². The summed E-state index contributed by atoms with van der Waals surface area (Å²) < 4.78 is 0. The Morgan fingerprint density at radius 3 is 2.44 bits per heavy atom. The first-order chi connectivity index (χ1) is 8.32. The molecular weight excluding hydrogens is 250 g/mol. The first-order valence-electron chi connectivity index (χ1n) is 6.02. The highest BCUT2D eigenvalue weighted by molar-refractivity contribution is 6.32. The fourth-order valence-corrected chi connectivity index (χ4v) is 2.84. The van der Waals surface area contributed by atoms with Crippen molar-refractivity contribution in [3.05, 3.63) is 17.0 Å². The summed E-state index contributed by atoms with van der Waals surface area (Å²) in [5, 5.41) is 3.40. The van der Waals surface area contributed by atoms with Gasteiger partial charge in [0.15, 0.2) is 6.29 Å². The Hall–Kier alpha value is -1.16. The van der Waals surface area contributed by atoms with Crippen LogP contribution in [0.2, 0.25) is 5.15 Å². The molecule has 98 valence electrons. The van der Waals surface area contributed by atoms with Crippen LogP contribution < -0.4 is 5.32 Å². The normalized spacial score (nSPS) is 20.5. The van der Waals surface area contributed by atoms with Crippen molar-refractivity contribution in [1.82, 2.24) is 9.97 Å². The molecule has 1 fully saturated rings. The summed E-state index contributed by atoms with van der Waals surface area (Å²) in [5.41, 5.74) is 0.937. The predicted molar refractivity (Wildman–Crippen MR) is 72.0 cm³/mol. The number of nitrogens with one attached hydrogen (secondary N) is 1. The van der Waals surface area contributed by atoms with Crippen molar-refractivity contribution in [2.75, 3.05) is 11.9 Å². The fraction of sp³-hybridized carbons (Fsp3) is 0.615. The highest BCUT2D eigenvalue weighted by atomic mass is 35.5. The summed E-state index contributed by atoms with van der Waals surface area (Å²) in [6.07, 6.45) is 2.05. The molecule has 5 heteroatoms. The Morgan fingerprint density at radius 1 is 1.33 bits per heavy atom. The Labute approximate surface area is 112 Å². The predicted octanol–water partition coefficient (Wildman–Crippen LogP) is 3.04. The van der Waals surface area contributed by atoms with E-state index < -0.39 is 0 Å². The highest BCUT2D eigenvalue weighted by Crippen LogP contribution is 2.68. The summed E-state index contributed by atoms with van der Waals surface area (Å²) >= 11 is 5.85. The number of carbonyl (C=O) groups excluding carboxylic acids is 1. The van der Waals surface area contributed by atoms with Crippen LogP contribution in [0, 0.1) is 16.7 Å². The van der Waals surface area contributed by atoms with Gasteiger partial charge in [-0.05, 0) is 16.7 Å². The van der Waals surface area contributed by atoms with Crippen LogP contribution in [0.1, 0.15) is 38.1 Å². The van der Waals surface area contributed by atoms with E-state index in [4.69, 9.17) is 11.6 Å². The monoisotopic (exact) mass is 267 g/mol. The molecule has 1 saturated carbocycles. The zero-order valence-corrected chi connectivity index (χ0v) is 11.9. The maximum atomic E-state index is 11.0. The minimum atomic E-state index is 0.191. The summed E-state index contributed by atoms with van der Waals surface area (Å²) in [7, 11) is 0. The molecule has 0 spiro atoms. The van der Waals surface area contributed by atoms with E-state index in [9.17, 15) is 4.79 Å². The molecule has 0 atom stereocenters. The molecule has 0 bridgehead atoms. The van der Waals surface area contributed by atoms with Crippen molar-refractivity contribution in [1.29, 1.82) is 0 Å². The molecule has 2 rings (SSSR count). The summed E-state index contributed by atoms with van der Waals surface area (Å²) in [6.45, 7) is 9.81. The second-order valence-corrected chi connectivity index (χ2v) is 6.28. The number of hydrogen-bond donors (Lipinski definition) is 1. The van der Waals surface area contributed by atoms with Crippen LogP contribution in [-0.2, 0) is 0 Å². The zero-order valence-electron chi connectivity index (χ0n) is 11.1. The largest absolute Gasteiger partial charge is 0.369 e. The Balaban J connectivity index is 2.09. The molecule has 1 N–H and O–H groups in total. The SMILES string of the molecule is CC1(C)C(CNc2ncnc(Cl)c2C=O)C1(C)C. The van der Waals surface area contributed by atoms with Gasteiger partial charge in [-0.15, -0.1) is 0 Å². The van der Waals surface area contributed by atoms with Crippen molar-refractivity contribution in [2.24, 2.45) is 16.7 Å².